The highest BCUT2D eigenvalue weighted by molar-refractivity contribution is 6.05. The summed E-state index contributed by atoms with van der Waals surface area (Å²) in [7, 11) is 0. The van der Waals surface area contributed by atoms with E-state index in [0.717, 1.165) is 43.7 Å². The molecule has 5 rings (SSSR count). The lowest BCUT2D eigenvalue weighted by Crippen LogP contribution is -2.55. The first-order valence-corrected chi connectivity index (χ1v) is 14.2. The van der Waals surface area contributed by atoms with E-state index < -0.39 is 35.6 Å². The molecule has 4 aliphatic heterocycles. The predicted molar refractivity (Wildman–Crippen MR) is 147 cm³/mol. The molecule has 1 N–H and O–H groups in total. The third-order valence-electron chi connectivity index (χ3n) is 8.45. The number of allylic oxidation sites excluding steroid dienone is 1. The summed E-state index contributed by atoms with van der Waals surface area (Å²) in [6.45, 7) is 6.66. The number of benzene rings is 1. The van der Waals surface area contributed by atoms with Crippen molar-refractivity contribution in [2.24, 2.45) is 11.8 Å². The largest absolute Gasteiger partial charge is 0.465 e. The number of aliphatic hydroxyl groups is 1. The van der Waals surface area contributed by atoms with Crippen LogP contribution in [0.3, 0.4) is 0 Å². The first-order valence-electron chi connectivity index (χ1n) is 14.2. The molecule has 5 atom stereocenters. The Morgan fingerprint density at radius 1 is 1.05 bits per heavy atom. The predicted octanol–water partition coefficient (Wildman–Crippen LogP) is 2.68. The van der Waals surface area contributed by atoms with Gasteiger partial charge in [-0.05, 0) is 63.8 Å². The van der Waals surface area contributed by atoms with E-state index in [1.165, 1.54) is 4.90 Å². The minimum absolute atomic E-state index is 0.119. The molecule has 0 bridgehead atoms. The van der Waals surface area contributed by atoms with E-state index in [1.807, 2.05) is 48.6 Å². The van der Waals surface area contributed by atoms with Gasteiger partial charge in [0.2, 0.25) is 5.91 Å². The lowest BCUT2D eigenvalue weighted by molar-refractivity contribution is -0.154. The van der Waals surface area contributed by atoms with Gasteiger partial charge in [0, 0.05) is 44.2 Å². The van der Waals surface area contributed by atoms with Crippen molar-refractivity contribution < 1.29 is 29.0 Å². The minimum atomic E-state index is -1.30. The molecule has 1 spiro atoms. The molecule has 1 aromatic rings. The highest BCUT2D eigenvalue weighted by Gasteiger charge is 2.71. The van der Waals surface area contributed by atoms with Crippen LogP contribution < -0.4 is 9.80 Å². The number of nitrogens with zero attached hydrogens (tertiary/aromatic N) is 3. The van der Waals surface area contributed by atoms with E-state index in [0.29, 0.717) is 19.6 Å². The second kappa shape index (κ2) is 11.5. The zero-order valence-corrected chi connectivity index (χ0v) is 22.8. The van der Waals surface area contributed by atoms with Crippen molar-refractivity contribution >= 4 is 29.2 Å². The first kappa shape index (κ1) is 27.4. The van der Waals surface area contributed by atoms with E-state index in [1.54, 1.807) is 4.90 Å². The monoisotopic (exact) mass is 537 g/mol. The molecular weight excluding hydrogens is 498 g/mol. The molecule has 4 aliphatic rings. The van der Waals surface area contributed by atoms with E-state index in [2.05, 4.69) is 18.7 Å². The molecule has 0 saturated carbocycles. The van der Waals surface area contributed by atoms with Crippen LogP contribution >= 0.6 is 0 Å². The van der Waals surface area contributed by atoms with Gasteiger partial charge in [-0.2, -0.15) is 0 Å². The van der Waals surface area contributed by atoms with Crippen molar-refractivity contribution in [1.82, 2.24) is 4.90 Å². The molecule has 0 radical (unpaired) electrons. The van der Waals surface area contributed by atoms with Gasteiger partial charge in [-0.15, -0.1) is 0 Å². The number of esters is 1. The summed E-state index contributed by atoms with van der Waals surface area (Å²) in [6.07, 6.45) is 9.70. The van der Waals surface area contributed by atoms with Crippen LogP contribution in [0.4, 0.5) is 11.4 Å². The Labute approximate surface area is 230 Å². The second-order valence-electron chi connectivity index (χ2n) is 10.6. The van der Waals surface area contributed by atoms with Crippen molar-refractivity contribution in [1.29, 1.82) is 0 Å². The number of amides is 2. The van der Waals surface area contributed by atoms with Gasteiger partial charge in [-0.25, -0.2) is 0 Å². The molecule has 210 valence electrons. The normalized spacial score (nSPS) is 31.3. The molecule has 2 fully saturated rings. The molecule has 1 aromatic carbocycles. The maximum Gasteiger partial charge on any atom is 0.312 e. The van der Waals surface area contributed by atoms with E-state index in [-0.39, 0.29) is 25.0 Å². The van der Waals surface area contributed by atoms with Crippen LogP contribution in [0, 0.1) is 11.8 Å². The van der Waals surface area contributed by atoms with Crippen LogP contribution in [0.25, 0.3) is 0 Å². The Balaban J connectivity index is 1.54. The van der Waals surface area contributed by atoms with Crippen LogP contribution in [0.5, 0.6) is 0 Å². The van der Waals surface area contributed by atoms with Gasteiger partial charge in [0.1, 0.15) is 17.6 Å². The number of carbonyl (C=O) groups is 3. The van der Waals surface area contributed by atoms with Crippen molar-refractivity contribution in [2.45, 2.75) is 57.3 Å². The van der Waals surface area contributed by atoms with Gasteiger partial charge in [0.25, 0.3) is 5.91 Å². The number of anilines is 2. The SMILES string of the molecule is CCN(CC)c1ccc(N2CC=C[C@]34O[C@@H]5/C=C\CCCCOC(=O)[C@@H]5[C@H]3C(=O)N(CCCO)C4C2=O)cc1. The summed E-state index contributed by atoms with van der Waals surface area (Å²) in [6, 6.07) is 6.92. The summed E-state index contributed by atoms with van der Waals surface area (Å²) in [5.74, 6) is -2.75. The number of hydrogen-bond donors (Lipinski definition) is 1. The van der Waals surface area contributed by atoms with Gasteiger partial charge in [-0.1, -0.05) is 24.3 Å². The molecule has 0 aromatic heterocycles. The van der Waals surface area contributed by atoms with Crippen molar-refractivity contribution in [3.05, 3.63) is 48.6 Å². The Morgan fingerprint density at radius 3 is 2.54 bits per heavy atom. The van der Waals surface area contributed by atoms with E-state index >= 15 is 0 Å². The molecule has 1 unspecified atom stereocenters. The maximum absolute atomic E-state index is 14.4. The number of fused-ring (bicyclic) bond motifs is 2. The van der Waals surface area contributed by atoms with Crippen molar-refractivity contribution in [2.75, 3.05) is 49.2 Å². The Hall–Kier alpha value is -3.17. The van der Waals surface area contributed by atoms with Gasteiger partial charge >= 0.3 is 5.97 Å². The summed E-state index contributed by atoms with van der Waals surface area (Å²) in [4.78, 5) is 47.1. The van der Waals surface area contributed by atoms with Gasteiger partial charge in [-0.3, -0.25) is 14.4 Å². The summed E-state index contributed by atoms with van der Waals surface area (Å²) in [5.41, 5.74) is 0.504. The topological polar surface area (TPSA) is 99.6 Å². The summed E-state index contributed by atoms with van der Waals surface area (Å²) >= 11 is 0. The average Bonchev–Trinajstić information content (AvgIpc) is 3.33. The number of hydrogen-bond acceptors (Lipinski definition) is 7. The zero-order valence-electron chi connectivity index (χ0n) is 22.8. The Bertz CT molecular complexity index is 1130. The molecule has 2 amide bonds. The Morgan fingerprint density at radius 2 is 1.82 bits per heavy atom. The number of carbonyl (C=O) groups excluding carboxylic acids is 3. The molecule has 9 heteroatoms. The van der Waals surface area contributed by atoms with Crippen LogP contribution in [0.2, 0.25) is 0 Å². The van der Waals surface area contributed by atoms with Crippen molar-refractivity contribution in [3.8, 4) is 0 Å². The number of likely N-dealkylation sites (tertiary alicyclic amines) is 1. The summed E-state index contributed by atoms with van der Waals surface area (Å²) in [5, 5.41) is 9.56. The number of rotatable bonds is 7. The van der Waals surface area contributed by atoms with Gasteiger partial charge < -0.3 is 29.3 Å². The third kappa shape index (κ3) is 4.76. The third-order valence-corrected chi connectivity index (χ3v) is 8.45. The van der Waals surface area contributed by atoms with Gasteiger partial charge in [0.05, 0.1) is 18.6 Å². The number of aliphatic hydroxyl groups excluding tert-OH is 1. The highest BCUT2D eigenvalue weighted by atomic mass is 16.6. The molecule has 0 aliphatic carbocycles. The second-order valence-corrected chi connectivity index (χ2v) is 10.6. The number of ether oxygens (including phenoxy) is 2. The quantitative estimate of drug-likeness (QED) is 0.422. The van der Waals surface area contributed by atoms with Crippen LogP contribution in [0.15, 0.2) is 48.6 Å². The number of cyclic esters (lactones) is 1. The van der Waals surface area contributed by atoms with Crippen LogP contribution in [-0.4, -0.2) is 84.9 Å². The molecular formula is C30H39N3O6. The fourth-order valence-electron chi connectivity index (χ4n) is 6.56. The lowest BCUT2D eigenvalue weighted by atomic mass is 9.78. The Kier molecular flexibility index (Phi) is 8.09. The first-order chi connectivity index (χ1) is 19.0. The fraction of sp³-hybridized carbons (Fsp3) is 0.567. The zero-order chi connectivity index (χ0) is 27.6. The molecule has 4 heterocycles. The highest BCUT2D eigenvalue weighted by Crippen LogP contribution is 2.53. The minimum Gasteiger partial charge on any atom is -0.465 e. The van der Waals surface area contributed by atoms with Crippen molar-refractivity contribution in [3.63, 3.8) is 0 Å². The van der Waals surface area contributed by atoms with Gasteiger partial charge in [0.15, 0.2) is 0 Å². The molecule has 2 saturated heterocycles. The lowest BCUT2D eigenvalue weighted by Gasteiger charge is -2.35. The van der Waals surface area contributed by atoms with Crippen LogP contribution in [-0.2, 0) is 23.9 Å². The van der Waals surface area contributed by atoms with E-state index in [9.17, 15) is 19.5 Å². The average molecular weight is 538 g/mol. The fourth-order valence-corrected chi connectivity index (χ4v) is 6.56. The maximum atomic E-state index is 14.4. The summed E-state index contributed by atoms with van der Waals surface area (Å²) < 4.78 is 12.2. The smallest absolute Gasteiger partial charge is 0.312 e. The standard InChI is InChI=1S/C30H39N3O6/c1-3-31(4-2)21-12-14-22(15-13-21)32-17-9-16-30-25(27(35)33(18-10-19-34)26(30)28(32)36)24-23(39-30)11-7-5-6-8-20-38-29(24)37/h7,9,11-16,23-26,34H,3-6,8,10,17-20H2,1-2H3/b11-7-/t23-,24+,25+,26?,30+/m1/s1. The molecule has 39 heavy (non-hydrogen) atoms. The van der Waals surface area contributed by atoms with E-state index in [4.69, 9.17) is 9.47 Å². The molecule has 9 nitrogen and oxygen atoms in total. The van der Waals surface area contributed by atoms with Crippen LogP contribution in [0.1, 0.15) is 39.5 Å².